The lowest BCUT2D eigenvalue weighted by Gasteiger charge is -2.17. The van der Waals surface area contributed by atoms with E-state index in [4.69, 9.17) is 4.74 Å². The summed E-state index contributed by atoms with van der Waals surface area (Å²) >= 11 is 0. The molecule has 1 unspecified atom stereocenters. The molecule has 1 fully saturated rings. The summed E-state index contributed by atoms with van der Waals surface area (Å²) < 4.78 is 60.9. The number of halogens is 3. The minimum atomic E-state index is -4.82. The van der Waals surface area contributed by atoms with Gasteiger partial charge in [-0.05, 0) is 37.1 Å². The number of ether oxygens (including phenoxy) is 1. The second-order valence-electron chi connectivity index (χ2n) is 10.8. The Morgan fingerprint density at radius 3 is 2.53 bits per heavy atom. The molecule has 1 aromatic carbocycles. The number of pyridine rings is 1. The smallest absolute Gasteiger partial charge is 0.421 e. The molecule has 1 atom stereocenters. The second kappa shape index (κ2) is 12.8. The number of benzene rings is 1. The van der Waals surface area contributed by atoms with E-state index in [1.54, 1.807) is 48.0 Å². The normalized spacial score (nSPS) is 14.1. The molecular formula is C29H31F3N8O4P+. The monoisotopic (exact) mass is 643 g/mol. The number of anilines is 4. The lowest BCUT2D eigenvalue weighted by Crippen LogP contribution is -2.21. The summed E-state index contributed by atoms with van der Waals surface area (Å²) in [5.41, 5.74) is 0.594. The van der Waals surface area contributed by atoms with Gasteiger partial charge in [0.1, 0.15) is 23.8 Å². The number of aliphatic hydroxyl groups excluding tert-OH is 1. The Hall–Kier alpha value is -4.62. The van der Waals surface area contributed by atoms with Crippen LogP contribution in [0.4, 0.5) is 36.3 Å². The maximum absolute atomic E-state index is 14.0. The molecule has 4 aromatic rings. The minimum absolute atomic E-state index is 0.0199. The molecule has 3 heterocycles. The van der Waals surface area contributed by atoms with Gasteiger partial charge in [-0.1, -0.05) is 10.6 Å². The number of nitrogens with zero attached hydrogens (tertiary/aromatic N) is 5. The van der Waals surface area contributed by atoms with E-state index in [0.717, 1.165) is 18.4 Å². The number of aliphatic hydroxyl groups is 1. The molecule has 45 heavy (non-hydrogen) atoms. The second-order valence-corrected chi connectivity index (χ2v) is 12.4. The molecule has 0 saturated heterocycles. The summed E-state index contributed by atoms with van der Waals surface area (Å²) in [4.78, 5) is 25.2. The van der Waals surface area contributed by atoms with Crippen molar-refractivity contribution in [2.24, 2.45) is 5.41 Å². The van der Waals surface area contributed by atoms with Gasteiger partial charge in [0, 0.05) is 42.5 Å². The molecule has 1 amide bonds. The first-order valence-electron chi connectivity index (χ1n) is 13.8. The van der Waals surface area contributed by atoms with Gasteiger partial charge >= 0.3 is 14.0 Å². The first kappa shape index (κ1) is 31.8. The molecule has 3 aromatic heterocycles. The summed E-state index contributed by atoms with van der Waals surface area (Å²) in [6, 6.07) is 8.01. The van der Waals surface area contributed by atoms with Gasteiger partial charge in [-0.15, -0.1) is 0 Å². The topological polar surface area (TPSA) is 156 Å². The van der Waals surface area contributed by atoms with Gasteiger partial charge in [0.05, 0.1) is 37.0 Å². The Kier molecular flexibility index (Phi) is 9.03. The van der Waals surface area contributed by atoms with Gasteiger partial charge in [0.15, 0.2) is 11.9 Å². The number of carbonyl (C=O) groups is 1. The molecule has 0 radical (unpaired) electrons. The largest absolute Gasteiger partial charge is 0.495 e. The predicted octanol–water partition coefficient (Wildman–Crippen LogP) is 5.34. The van der Waals surface area contributed by atoms with E-state index < -0.39 is 31.3 Å². The van der Waals surface area contributed by atoms with E-state index in [-0.39, 0.29) is 29.4 Å². The van der Waals surface area contributed by atoms with Gasteiger partial charge in [-0.2, -0.15) is 23.3 Å². The van der Waals surface area contributed by atoms with E-state index in [0.29, 0.717) is 41.6 Å². The lowest BCUT2D eigenvalue weighted by molar-refractivity contribution is -0.137. The molecule has 0 bridgehead atoms. The van der Waals surface area contributed by atoms with Crippen LogP contribution in [0.5, 0.6) is 5.75 Å². The first-order valence-corrected chi connectivity index (χ1v) is 15.7. The summed E-state index contributed by atoms with van der Waals surface area (Å²) in [7, 11) is 1.38. The van der Waals surface area contributed by atoms with Gasteiger partial charge in [-0.3, -0.25) is 9.48 Å². The number of methoxy groups -OCH3 is 1. The van der Waals surface area contributed by atoms with Crippen molar-refractivity contribution in [1.29, 1.82) is 0 Å². The van der Waals surface area contributed by atoms with Crippen molar-refractivity contribution >= 4 is 36.8 Å². The molecule has 236 valence electrons. The SMILES string of the molecule is CNC(=O)c1nc(-c2cnn(CC3(CO)CC3)c2)ccc1Nc1nc(Nc2ccc(C[P+](C)=O)cc2OC)ncc1C(F)(F)F. The van der Waals surface area contributed by atoms with E-state index in [1.165, 1.54) is 20.2 Å². The highest BCUT2D eigenvalue weighted by Crippen LogP contribution is 2.46. The predicted molar refractivity (Wildman–Crippen MR) is 161 cm³/mol. The van der Waals surface area contributed by atoms with Crippen molar-refractivity contribution in [1.82, 2.24) is 30.0 Å². The molecule has 5 rings (SSSR count). The van der Waals surface area contributed by atoms with Crippen molar-refractivity contribution in [2.45, 2.75) is 31.7 Å². The van der Waals surface area contributed by atoms with Crippen LogP contribution in [0.15, 0.2) is 48.9 Å². The Morgan fingerprint density at radius 1 is 1.13 bits per heavy atom. The molecule has 1 aliphatic carbocycles. The third kappa shape index (κ3) is 7.37. The number of carbonyl (C=O) groups excluding carboxylic acids is 1. The Labute approximate surface area is 257 Å². The number of aromatic nitrogens is 5. The summed E-state index contributed by atoms with van der Waals surface area (Å²) in [5.74, 6) is -1.06. The van der Waals surface area contributed by atoms with E-state index in [1.807, 2.05) is 0 Å². The van der Waals surface area contributed by atoms with Crippen molar-refractivity contribution in [2.75, 3.05) is 38.1 Å². The minimum Gasteiger partial charge on any atom is -0.495 e. The van der Waals surface area contributed by atoms with Gasteiger partial charge < -0.3 is 25.8 Å². The van der Waals surface area contributed by atoms with Crippen LogP contribution in [0.2, 0.25) is 0 Å². The average Bonchev–Trinajstić information content (AvgIpc) is 3.63. The van der Waals surface area contributed by atoms with Crippen LogP contribution in [-0.2, 0) is 23.4 Å². The molecule has 1 saturated carbocycles. The zero-order valence-electron chi connectivity index (χ0n) is 24.6. The molecular weight excluding hydrogens is 612 g/mol. The molecule has 4 N–H and O–H groups in total. The number of amides is 1. The molecule has 1 aliphatic rings. The molecule has 16 heteroatoms. The summed E-state index contributed by atoms with van der Waals surface area (Å²) in [6.45, 7) is 2.20. The fourth-order valence-corrected chi connectivity index (χ4v) is 5.38. The highest BCUT2D eigenvalue weighted by Gasteiger charge is 2.42. The standard InChI is InChI=1S/C29H30F3N8O4P/c1-33-26(42)24-22(7-6-20(36-24)18-11-35-40(13-18)15-28(16-41)8-9-28)37-25-19(29(30,31)32)12-34-27(39-25)38-21-5-4-17(14-45(3)43)10-23(21)44-2/h4-7,10-13,41H,8-9,14-16H2,1-3H3,(H2-,33,34,37,38,39,42)/p+1. The highest BCUT2D eigenvalue weighted by molar-refractivity contribution is 7.42. The third-order valence-corrected chi connectivity index (χ3v) is 8.13. The van der Waals surface area contributed by atoms with Gasteiger partial charge in [0.2, 0.25) is 5.95 Å². The molecule has 0 spiro atoms. The third-order valence-electron chi connectivity index (χ3n) is 7.32. The number of rotatable bonds is 12. The van der Waals surface area contributed by atoms with Gasteiger partial charge in [-0.25, -0.2) is 9.97 Å². The Balaban J connectivity index is 1.46. The van der Waals surface area contributed by atoms with Crippen LogP contribution in [0.3, 0.4) is 0 Å². The Bertz CT molecular complexity index is 1740. The first-order chi connectivity index (χ1) is 21.4. The maximum Gasteiger partial charge on any atom is 0.421 e. The summed E-state index contributed by atoms with van der Waals surface area (Å²) in [5, 5.41) is 21.9. The number of hydrogen-bond acceptors (Lipinski definition) is 10. The van der Waals surface area contributed by atoms with Crippen LogP contribution in [0, 0.1) is 5.41 Å². The van der Waals surface area contributed by atoms with Crippen LogP contribution in [0.1, 0.15) is 34.5 Å². The molecule has 12 nitrogen and oxygen atoms in total. The van der Waals surface area contributed by atoms with Crippen molar-refractivity contribution in [3.63, 3.8) is 0 Å². The maximum atomic E-state index is 14.0. The number of alkyl halides is 3. The van der Waals surface area contributed by atoms with Crippen molar-refractivity contribution < 1.29 is 32.4 Å². The van der Waals surface area contributed by atoms with E-state index in [2.05, 4.69) is 36.0 Å². The Morgan fingerprint density at radius 2 is 1.89 bits per heavy atom. The average molecular weight is 644 g/mol. The van der Waals surface area contributed by atoms with Crippen molar-refractivity contribution in [3.8, 4) is 17.0 Å². The summed E-state index contributed by atoms with van der Waals surface area (Å²) in [6.07, 6.45) is 1.27. The lowest BCUT2D eigenvalue weighted by atomic mass is 10.1. The quantitative estimate of drug-likeness (QED) is 0.149. The highest BCUT2D eigenvalue weighted by atomic mass is 31.1. The number of hydrogen-bond donors (Lipinski definition) is 4. The van der Waals surface area contributed by atoms with E-state index >= 15 is 0 Å². The van der Waals surface area contributed by atoms with Crippen LogP contribution in [-0.4, -0.2) is 63.2 Å². The van der Waals surface area contributed by atoms with E-state index in [9.17, 15) is 27.6 Å². The van der Waals surface area contributed by atoms with Crippen molar-refractivity contribution in [3.05, 3.63) is 65.7 Å². The zero-order chi connectivity index (χ0) is 32.4. The fourth-order valence-electron chi connectivity index (χ4n) is 4.67. The molecule has 0 aliphatic heterocycles. The fraction of sp³-hybridized carbons (Fsp3) is 0.345. The van der Waals surface area contributed by atoms with Crippen LogP contribution in [0.25, 0.3) is 11.3 Å². The van der Waals surface area contributed by atoms with Crippen LogP contribution >= 0.6 is 7.80 Å². The van der Waals surface area contributed by atoms with Crippen LogP contribution < -0.4 is 20.7 Å². The van der Waals surface area contributed by atoms with Gasteiger partial charge in [0.25, 0.3) is 5.91 Å². The number of nitrogens with one attached hydrogen (secondary N) is 3. The zero-order valence-corrected chi connectivity index (χ0v) is 25.5.